The number of hydrogen-bond acceptors (Lipinski definition) is 4. The lowest BCUT2D eigenvalue weighted by Crippen LogP contribution is -2.43. The Bertz CT molecular complexity index is 513. The van der Waals surface area contributed by atoms with E-state index in [1.54, 1.807) is 0 Å². The lowest BCUT2D eigenvalue weighted by atomic mass is 10.0. The Morgan fingerprint density at radius 3 is 2.85 bits per heavy atom. The van der Waals surface area contributed by atoms with Gasteiger partial charge in [0.05, 0.1) is 18.7 Å². The number of methoxy groups -OCH3 is 1. The van der Waals surface area contributed by atoms with Crippen LogP contribution in [0.1, 0.15) is 29.6 Å². The van der Waals surface area contributed by atoms with Gasteiger partial charge in [-0.05, 0) is 37.6 Å². The number of anilines is 1. The normalized spacial score (nSPS) is 18.4. The van der Waals surface area contributed by atoms with Gasteiger partial charge in [-0.2, -0.15) is 0 Å². The largest absolute Gasteiger partial charge is 0.465 e. The number of carbonyl (C=O) groups is 2. The first-order chi connectivity index (χ1) is 9.61. The molecule has 1 amide bonds. The van der Waals surface area contributed by atoms with Crippen molar-refractivity contribution in [2.45, 2.75) is 25.3 Å². The van der Waals surface area contributed by atoms with E-state index in [1.165, 1.54) is 19.2 Å². The molecule has 0 aromatic heterocycles. The minimum Gasteiger partial charge on any atom is -0.465 e. The van der Waals surface area contributed by atoms with Crippen LogP contribution in [0.25, 0.3) is 0 Å². The van der Waals surface area contributed by atoms with E-state index in [-0.39, 0.29) is 17.5 Å². The second-order valence-corrected chi connectivity index (χ2v) is 4.68. The highest BCUT2D eigenvalue weighted by atomic mass is 19.1. The average molecular weight is 280 g/mol. The molecule has 0 aliphatic carbocycles. The van der Waals surface area contributed by atoms with Gasteiger partial charge in [-0.25, -0.2) is 9.18 Å². The van der Waals surface area contributed by atoms with Crippen LogP contribution in [0, 0.1) is 5.82 Å². The van der Waals surface area contributed by atoms with Gasteiger partial charge in [0.1, 0.15) is 5.82 Å². The monoisotopic (exact) mass is 280 g/mol. The van der Waals surface area contributed by atoms with Crippen molar-refractivity contribution < 1.29 is 18.7 Å². The Kier molecular flexibility index (Phi) is 4.68. The molecule has 0 radical (unpaired) electrons. The Morgan fingerprint density at radius 2 is 2.20 bits per heavy atom. The smallest absolute Gasteiger partial charge is 0.340 e. The fourth-order valence-electron chi connectivity index (χ4n) is 2.17. The molecular formula is C14H17FN2O3. The van der Waals surface area contributed by atoms with Gasteiger partial charge in [0.25, 0.3) is 0 Å². The van der Waals surface area contributed by atoms with Gasteiger partial charge in [0.2, 0.25) is 5.91 Å². The van der Waals surface area contributed by atoms with Crippen molar-refractivity contribution in [3.63, 3.8) is 0 Å². The van der Waals surface area contributed by atoms with Crippen LogP contribution < -0.4 is 10.6 Å². The molecule has 1 atom stereocenters. The molecule has 1 saturated heterocycles. The molecule has 108 valence electrons. The topological polar surface area (TPSA) is 67.4 Å². The molecule has 0 unspecified atom stereocenters. The van der Waals surface area contributed by atoms with E-state index in [0.29, 0.717) is 5.69 Å². The van der Waals surface area contributed by atoms with E-state index in [1.807, 2.05) is 0 Å². The van der Waals surface area contributed by atoms with Crippen LogP contribution in [0.4, 0.5) is 10.1 Å². The van der Waals surface area contributed by atoms with Crippen molar-refractivity contribution in [1.29, 1.82) is 0 Å². The van der Waals surface area contributed by atoms with E-state index in [2.05, 4.69) is 15.4 Å². The molecule has 1 heterocycles. The third-order valence-corrected chi connectivity index (χ3v) is 3.27. The predicted molar refractivity (Wildman–Crippen MR) is 72.0 cm³/mol. The van der Waals surface area contributed by atoms with Gasteiger partial charge < -0.3 is 15.4 Å². The summed E-state index contributed by atoms with van der Waals surface area (Å²) in [6, 6.07) is 3.59. The lowest BCUT2D eigenvalue weighted by Gasteiger charge is -2.22. The quantitative estimate of drug-likeness (QED) is 0.827. The summed E-state index contributed by atoms with van der Waals surface area (Å²) in [4.78, 5) is 23.4. The number of nitrogens with one attached hydrogen (secondary N) is 2. The highest BCUT2D eigenvalue weighted by Crippen LogP contribution is 2.17. The van der Waals surface area contributed by atoms with Crippen molar-refractivity contribution in [1.82, 2.24) is 5.32 Å². The van der Waals surface area contributed by atoms with Crippen LogP contribution >= 0.6 is 0 Å². The number of amides is 1. The van der Waals surface area contributed by atoms with Gasteiger partial charge in [-0.15, -0.1) is 0 Å². The Hall–Kier alpha value is -1.95. The molecule has 5 nitrogen and oxygen atoms in total. The van der Waals surface area contributed by atoms with Crippen molar-refractivity contribution in [3.8, 4) is 0 Å². The summed E-state index contributed by atoms with van der Waals surface area (Å²) in [6.07, 6.45) is 2.84. The lowest BCUT2D eigenvalue weighted by molar-refractivity contribution is -0.118. The fourth-order valence-corrected chi connectivity index (χ4v) is 2.17. The summed E-state index contributed by atoms with van der Waals surface area (Å²) in [5, 5.41) is 5.80. The second kappa shape index (κ2) is 6.47. The van der Waals surface area contributed by atoms with Crippen LogP contribution in [0.15, 0.2) is 18.2 Å². The molecule has 1 aromatic rings. The fraction of sp³-hybridized carbons (Fsp3) is 0.429. The Balaban J connectivity index is 2.09. The predicted octanol–water partition coefficient (Wildman–Crippen LogP) is 1.69. The van der Waals surface area contributed by atoms with E-state index in [9.17, 15) is 14.0 Å². The van der Waals surface area contributed by atoms with E-state index in [0.717, 1.165) is 31.9 Å². The summed E-state index contributed by atoms with van der Waals surface area (Å²) < 4.78 is 18.0. The number of hydrogen-bond donors (Lipinski definition) is 2. The van der Waals surface area contributed by atoms with Crippen molar-refractivity contribution >= 4 is 17.6 Å². The minimum atomic E-state index is -0.769. The zero-order valence-corrected chi connectivity index (χ0v) is 11.2. The van der Waals surface area contributed by atoms with E-state index >= 15 is 0 Å². The summed E-state index contributed by atoms with van der Waals surface area (Å²) in [5.41, 5.74) is 0.186. The summed E-state index contributed by atoms with van der Waals surface area (Å²) >= 11 is 0. The molecule has 1 aromatic carbocycles. The molecule has 2 rings (SSSR count). The number of esters is 1. The standard InChI is InChI=1S/C14H17FN2O3/c1-20-14(19)10-8-9(5-6-11(10)15)17-13(18)12-4-2-3-7-16-12/h5-6,8,12,16H,2-4,7H2,1H3,(H,17,18)/t12-/m1/s1. The third-order valence-electron chi connectivity index (χ3n) is 3.27. The number of benzene rings is 1. The molecule has 6 heteroatoms. The summed E-state index contributed by atoms with van der Waals surface area (Å²) in [6.45, 7) is 0.814. The number of halogens is 1. The molecule has 0 spiro atoms. The van der Waals surface area contributed by atoms with Crippen molar-refractivity contribution in [2.24, 2.45) is 0 Å². The maximum atomic E-state index is 13.5. The van der Waals surface area contributed by atoms with Crippen LogP contribution in [0.3, 0.4) is 0 Å². The SMILES string of the molecule is COC(=O)c1cc(NC(=O)[C@H]2CCCCN2)ccc1F. The maximum Gasteiger partial charge on any atom is 0.340 e. The molecule has 0 bridgehead atoms. The van der Waals surface area contributed by atoms with E-state index < -0.39 is 11.8 Å². The Labute approximate surface area is 116 Å². The molecule has 0 saturated carbocycles. The van der Waals surface area contributed by atoms with Crippen molar-refractivity contribution in [3.05, 3.63) is 29.6 Å². The zero-order valence-electron chi connectivity index (χ0n) is 11.2. The molecule has 1 aliphatic heterocycles. The van der Waals surface area contributed by atoms with Gasteiger partial charge in [0, 0.05) is 5.69 Å². The van der Waals surface area contributed by atoms with Crippen LogP contribution in [0.2, 0.25) is 0 Å². The molecule has 1 aliphatic rings. The molecule has 20 heavy (non-hydrogen) atoms. The number of ether oxygens (including phenoxy) is 1. The Morgan fingerprint density at radius 1 is 1.40 bits per heavy atom. The average Bonchev–Trinajstić information content (AvgIpc) is 2.49. The number of carbonyl (C=O) groups excluding carboxylic acids is 2. The van der Waals surface area contributed by atoms with Crippen molar-refractivity contribution in [2.75, 3.05) is 19.0 Å². The molecular weight excluding hydrogens is 263 g/mol. The second-order valence-electron chi connectivity index (χ2n) is 4.68. The molecule has 1 fully saturated rings. The maximum absolute atomic E-state index is 13.5. The minimum absolute atomic E-state index is 0.174. The first kappa shape index (κ1) is 14.5. The van der Waals surface area contributed by atoms with Crippen LogP contribution in [-0.4, -0.2) is 31.6 Å². The number of rotatable bonds is 3. The number of piperidine rings is 1. The third kappa shape index (κ3) is 3.33. The van der Waals surface area contributed by atoms with Gasteiger partial charge in [-0.3, -0.25) is 4.79 Å². The highest BCUT2D eigenvalue weighted by molar-refractivity contribution is 5.97. The summed E-state index contributed by atoms with van der Waals surface area (Å²) in [7, 11) is 1.18. The van der Waals surface area contributed by atoms with Crippen LogP contribution in [0.5, 0.6) is 0 Å². The molecule has 2 N–H and O–H groups in total. The highest BCUT2D eigenvalue weighted by Gasteiger charge is 2.21. The van der Waals surface area contributed by atoms with Crippen LogP contribution in [-0.2, 0) is 9.53 Å². The van der Waals surface area contributed by atoms with E-state index in [4.69, 9.17) is 0 Å². The van der Waals surface area contributed by atoms with Gasteiger partial charge in [-0.1, -0.05) is 6.42 Å². The first-order valence-corrected chi connectivity index (χ1v) is 6.54. The van der Waals surface area contributed by atoms with Gasteiger partial charge >= 0.3 is 5.97 Å². The summed E-state index contributed by atoms with van der Waals surface area (Å²) in [5.74, 6) is -1.62. The van der Waals surface area contributed by atoms with Gasteiger partial charge in [0.15, 0.2) is 0 Å². The first-order valence-electron chi connectivity index (χ1n) is 6.54. The zero-order chi connectivity index (χ0) is 14.5.